The average Bonchev–Trinajstić information content (AvgIpc) is 2.84. The molecule has 0 radical (unpaired) electrons. The van der Waals surface area contributed by atoms with Crippen molar-refractivity contribution in [2.75, 3.05) is 6.61 Å². The molecule has 2 nitrogen and oxygen atoms in total. The summed E-state index contributed by atoms with van der Waals surface area (Å²) in [7, 11) is 0. The largest absolute Gasteiger partial charge is 0.492 e. The molecular formula is C14H13FO2S. The number of ketones is 1. The monoisotopic (exact) mass is 264 g/mol. The molecule has 2 rings (SSSR count). The molecule has 18 heavy (non-hydrogen) atoms. The molecule has 4 heteroatoms. The quantitative estimate of drug-likeness (QED) is 0.769. The lowest BCUT2D eigenvalue weighted by molar-refractivity contribution is 0.101. The second-order valence-electron chi connectivity index (χ2n) is 3.93. The Morgan fingerprint density at radius 2 is 2.22 bits per heavy atom. The third-order valence-electron chi connectivity index (χ3n) is 2.55. The summed E-state index contributed by atoms with van der Waals surface area (Å²) < 4.78 is 18.6. The Kier molecular flexibility index (Phi) is 4.10. The molecule has 1 heterocycles. The minimum absolute atomic E-state index is 0.194. The summed E-state index contributed by atoms with van der Waals surface area (Å²) in [6.45, 7) is 1.88. The van der Waals surface area contributed by atoms with Gasteiger partial charge in [-0.3, -0.25) is 4.79 Å². The van der Waals surface area contributed by atoms with E-state index >= 15 is 0 Å². The fourth-order valence-corrected chi connectivity index (χ4v) is 2.32. The standard InChI is InChI=1S/C14H13FO2S/c1-10(16)13-8-12(15)2-3-14(13)17-6-4-11-5-7-18-9-11/h2-3,5,7-9H,4,6H2,1H3. The summed E-state index contributed by atoms with van der Waals surface area (Å²) >= 11 is 1.64. The molecule has 0 saturated carbocycles. The highest BCUT2D eigenvalue weighted by Crippen LogP contribution is 2.20. The molecule has 0 bridgehead atoms. The van der Waals surface area contributed by atoms with Gasteiger partial charge in [-0.2, -0.15) is 11.3 Å². The van der Waals surface area contributed by atoms with Crippen molar-refractivity contribution in [2.24, 2.45) is 0 Å². The lowest BCUT2D eigenvalue weighted by Gasteiger charge is -2.09. The Morgan fingerprint density at radius 1 is 1.39 bits per heavy atom. The van der Waals surface area contributed by atoms with Crippen LogP contribution in [0.3, 0.4) is 0 Å². The number of carbonyl (C=O) groups is 1. The van der Waals surface area contributed by atoms with Crippen LogP contribution >= 0.6 is 11.3 Å². The molecule has 1 aromatic heterocycles. The Balaban J connectivity index is 2.02. The average molecular weight is 264 g/mol. The van der Waals surface area contributed by atoms with E-state index in [1.807, 2.05) is 11.4 Å². The van der Waals surface area contributed by atoms with Crippen molar-refractivity contribution in [3.05, 3.63) is 52.0 Å². The smallest absolute Gasteiger partial charge is 0.163 e. The second-order valence-corrected chi connectivity index (χ2v) is 4.71. The zero-order chi connectivity index (χ0) is 13.0. The van der Waals surface area contributed by atoms with Crippen LogP contribution in [0.25, 0.3) is 0 Å². The number of rotatable bonds is 5. The van der Waals surface area contributed by atoms with Crippen LogP contribution in [0, 0.1) is 5.82 Å². The molecule has 0 atom stereocenters. The van der Waals surface area contributed by atoms with Gasteiger partial charge >= 0.3 is 0 Å². The highest BCUT2D eigenvalue weighted by atomic mass is 32.1. The first-order valence-electron chi connectivity index (χ1n) is 5.61. The van der Waals surface area contributed by atoms with Gasteiger partial charge in [0, 0.05) is 6.42 Å². The maximum Gasteiger partial charge on any atom is 0.163 e. The fraction of sp³-hybridized carbons (Fsp3) is 0.214. The van der Waals surface area contributed by atoms with E-state index in [2.05, 4.69) is 5.38 Å². The van der Waals surface area contributed by atoms with Gasteiger partial charge in [-0.05, 0) is 47.5 Å². The molecule has 1 aromatic carbocycles. The van der Waals surface area contributed by atoms with Crippen LogP contribution in [-0.4, -0.2) is 12.4 Å². The summed E-state index contributed by atoms with van der Waals surface area (Å²) in [6, 6.07) is 6.04. The lowest BCUT2D eigenvalue weighted by atomic mass is 10.1. The van der Waals surface area contributed by atoms with Gasteiger partial charge in [-0.1, -0.05) is 0 Å². The molecule has 0 aliphatic carbocycles. The maximum absolute atomic E-state index is 13.0. The Bertz CT molecular complexity index is 535. The van der Waals surface area contributed by atoms with Crippen LogP contribution in [0.4, 0.5) is 4.39 Å². The SMILES string of the molecule is CC(=O)c1cc(F)ccc1OCCc1ccsc1. The number of Topliss-reactive ketones (excluding diaryl/α,β-unsaturated/α-hetero) is 1. The molecule has 0 aliphatic heterocycles. The summed E-state index contributed by atoms with van der Waals surface area (Å²) in [5.41, 5.74) is 1.49. The fourth-order valence-electron chi connectivity index (χ4n) is 1.62. The molecule has 94 valence electrons. The van der Waals surface area contributed by atoms with E-state index in [1.54, 1.807) is 11.3 Å². The zero-order valence-electron chi connectivity index (χ0n) is 9.98. The van der Waals surface area contributed by atoms with E-state index in [9.17, 15) is 9.18 Å². The third-order valence-corrected chi connectivity index (χ3v) is 3.28. The minimum atomic E-state index is -0.426. The molecule has 0 fully saturated rings. The van der Waals surface area contributed by atoms with Crippen LogP contribution < -0.4 is 4.74 Å². The van der Waals surface area contributed by atoms with Gasteiger partial charge in [0.25, 0.3) is 0 Å². The topological polar surface area (TPSA) is 26.3 Å². The van der Waals surface area contributed by atoms with Crippen LogP contribution in [0.15, 0.2) is 35.0 Å². The minimum Gasteiger partial charge on any atom is -0.492 e. The van der Waals surface area contributed by atoms with E-state index in [1.165, 1.54) is 30.7 Å². The van der Waals surface area contributed by atoms with Crippen molar-refractivity contribution in [3.63, 3.8) is 0 Å². The summed E-state index contributed by atoms with van der Waals surface area (Å²) in [4.78, 5) is 11.4. The van der Waals surface area contributed by atoms with E-state index in [0.717, 1.165) is 6.42 Å². The number of thiophene rings is 1. The van der Waals surface area contributed by atoms with Gasteiger partial charge in [0.05, 0.1) is 12.2 Å². The van der Waals surface area contributed by atoms with E-state index in [4.69, 9.17) is 4.74 Å². The van der Waals surface area contributed by atoms with Crippen molar-refractivity contribution in [2.45, 2.75) is 13.3 Å². The van der Waals surface area contributed by atoms with Gasteiger partial charge in [0.1, 0.15) is 11.6 Å². The second kappa shape index (κ2) is 5.78. The Hall–Kier alpha value is -1.68. The van der Waals surface area contributed by atoms with Crippen molar-refractivity contribution >= 4 is 17.1 Å². The van der Waals surface area contributed by atoms with Crippen LogP contribution in [-0.2, 0) is 6.42 Å². The summed E-state index contributed by atoms with van der Waals surface area (Å²) in [5.74, 6) is -0.176. The Labute approximate surface area is 109 Å². The number of carbonyl (C=O) groups excluding carboxylic acids is 1. The first-order valence-corrected chi connectivity index (χ1v) is 6.55. The van der Waals surface area contributed by atoms with Crippen molar-refractivity contribution in [1.29, 1.82) is 0 Å². The molecule has 0 N–H and O–H groups in total. The maximum atomic E-state index is 13.0. The number of ether oxygens (including phenoxy) is 1. The van der Waals surface area contributed by atoms with Crippen molar-refractivity contribution in [3.8, 4) is 5.75 Å². The number of hydrogen-bond donors (Lipinski definition) is 0. The van der Waals surface area contributed by atoms with Gasteiger partial charge in [0.15, 0.2) is 5.78 Å². The predicted molar refractivity (Wildman–Crippen MR) is 69.9 cm³/mol. The first kappa shape index (κ1) is 12.8. The van der Waals surface area contributed by atoms with Crippen LogP contribution in [0.1, 0.15) is 22.8 Å². The van der Waals surface area contributed by atoms with Crippen LogP contribution in [0.5, 0.6) is 5.75 Å². The normalized spacial score (nSPS) is 10.3. The number of hydrogen-bond acceptors (Lipinski definition) is 3. The highest BCUT2D eigenvalue weighted by Gasteiger charge is 2.09. The molecule has 0 unspecified atom stereocenters. The molecule has 0 aliphatic rings. The van der Waals surface area contributed by atoms with Gasteiger partial charge in [0.2, 0.25) is 0 Å². The van der Waals surface area contributed by atoms with Gasteiger partial charge in [-0.15, -0.1) is 0 Å². The summed E-state index contributed by atoms with van der Waals surface area (Å²) in [5, 5.41) is 4.06. The zero-order valence-corrected chi connectivity index (χ0v) is 10.8. The van der Waals surface area contributed by atoms with E-state index in [-0.39, 0.29) is 5.78 Å². The first-order chi connectivity index (χ1) is 8.66. The van der Waals surface area contributed by atoms with E-state index in [0.29, 0.717) is 17.9 Å². The van der Waals surface area contributed by atoms with Crippen molar-refractivity contribution in [1.82, 2.24) is 0 Å². The van der Waals surface area contributed by atoms with Gasteiger partial charge < -0.3 is 4.74 Å². The molecule has 0 saturated heterocycles. The highest BCUT2D eigenvalue weighted by molar-refractivity contribution is 7.07. The molecule has 2 aromatic rings. The molecule has 0 spiro atoms. The van der Waals surface area contributed by atoms with Gasteiger partial charge in [-0.25, -0.2) is 4.39 Å². The third kappa shape index (κ3) is 3.17. The van der Waals surface area contributed by atoms with Crippen LogP contribution in [0.2, 0.25) is 0 Å². The summed E-state index contributed by atoms with van der Waals surface area (Å²) in [6.07, 6.45) is 0.776. The predicted octanol–water partition coefficient (Wildman–Crippen LogP) is 3.71. The lowest BCUT2D eigenvalue weighted by Crippen LogP contribution is -2.05. The number of halogens is 1. The van der Waals surface area contributed by atoms with E-state index < -0.39 is 5.82 Å². The Morgan fingerprint density at radius 3 is 2.89 bits per heavy atom. The van der Waals surface area contributed by atoms with Crippen molar-refractivity contribution < 1.29 is 13.9 Å². The molecular weight excluding hydrogens is 251 g/mol. The number of benzene rings is 1. The molecule has 0 amide bonds.